The summed E-state index contributed by atoms with van der Waals surface area (Å²) in [6.45, 7) is 5.61. The standard InChI is InChI=1S/C20H20P.C13H14ClF2N.BrH/c1-2-21(18-12-6-3-7-13-18,19-14-8-4-9-15-19)20-16-10-5-11-17-20;1-2-9-3-5-17(6-4-9)13-11(15)7-10(14)8-12(13)16;/h3-17H,2H2,1H3;2,7-8H,3-6H2,1H3;1H/q+1;;/p-1. The van der Waals surface area contributed by atoms with Crippen LogP contribution in [0, 0.1) is 11.6 Å². The third-order valence-corrected chi connectivity index (χ3v) is 11.9. The first-order valence-corrected chi connectivity index (χ1v) is 15.4. The monoisotopic (exact) mass is 627 g/mol. The van der Waals surface area contributed by atoms with E-state index in [-0.39, 0.29) is 27.7 Å². The first-order chi connectivity index (χ1) is 18.5. The summed E-state index contributed by atoms with van der Waals surface area (Å²) in [5, 5.41) is 4.48. The minimum Gasteiger partial charge on any atom is -1.00 e. The summed E-state index contributed by atoms with van der Waals surface area (Å²) in [5.74, 6) is -1.17. The molecule has 0 bridgehead atoms. The van der Waals surface area contributed by atoms with Crippen molar-refractivity contribution in [2.75, 3.05) is 24.2 Å². The first kappa shape index (κ1) is 31.0. The Morgan fingerprint density at radius 1 is 0.744 bits per heavy atom. The fourth-order valence-corrected chi connectivity index (χ4v) is 9.41. The lowest BCUT2D eigenvalue weighted by atomic mass is 10.0. The van der Waals surface area contributed by atoms with E-state index in [0.29, 0.717) is 13.1 Å². The predicted octanol–water partition coefficient (Wildman–Crippen LogP) is 5.17. The third kappa shape index (κ3) is 7.17. The number of rotatable bonds is 5. The van der Waals surface area contributed by atoms with Gasteiger partial charge in [0, 0.05) is 18.1 Å². The van der Waals surface area contributed by atoms with Gasteiger partial charge in [-0.15, -0.1) is 0 Å². The van der Waals surface area contributed by atoms with E-state index in [1.165, 1.54) is 21.5 Å². The van der Waals surface area contributed by atoms with Crippen molar-refractivity contribution in [3.05, 3.63) is 131 Å². The molecule has 4 aromatic carbocycles. The normalized spacial score (nSPS) is 13.2. The number of piperidine rings is 1. The van der Waals surface area contributed by atoms with Crippen molar-refractivity contribution < 1.29 is 25.8 Å². The zero-order valence-electron chi connectivity index (χ0n) is 22.3. The van der Waals surface area contributed by atoms with Gasteiger partial charge in [0.25, 0.3) is 0 Å². The topological polar surface area (TPSA) is 3.24 Å². The van der Waals surface area contributed by atoms with Crippen molar-refractivity contribution >= 4 is 40.5 Å². The molecule has 4 aromatic rings. The van der Waals surface area contributed by atoms with Crippen molar-refractivity contribution in [2.45, 2.75) is 26.7 Å². The summed E-state index contributed by atoms with van der Waals surface area (Å²) >= 11 is 5.60. The van der Waals surface area contributed by atoms with Gasteiger partial charge in [-0.05, 0) is 75.2 Å². The second kappa shape index (κ2) is 14.7. The zero-order valence-corrected chi connectivity index (χ0v) is 25.6. The van der Waals surface area contributed by atoms with Crippen molar-refractivity contribution in [2.24, 2.45) is 0 Å². The van der Waals surface area contributed by atoms with Crippen LogP contribution in [0.4, 0.5) is 14.5 Å². The van der Waals surface area contributed by atoms with Gasteiger partial charge in [-0.2, -0.15) is 0 Å². The molecule has 0 aromatic heterocycles. The Labute approximate surface area is 247 Å². The lowest BCUT2D eigenvalue weighted by Gasteiger charge is -2.30. The van der Waals surface area contributed by atoms with Crippen molar-refractivity contribution in [3.63, 3.8) is 0 Å². The zero-order chi connectivity index (χ0) is 27.0. The van der Waals surface area contributed by atoms with E-state index in [4.69, 9.17) is 11.6 Å². The van der Waals surface area contributed by atoms with E-state index in [1.807, 2.05) is 6.92 Å². The Balaban J connectivity index is 0.000000215. The largest absolute Gasteiger partial charge is 1.00 e. The Hall–Kier alpha value is -2.52. The molecule has 0 spiro atoms. The number of hydrogen-bond donors (Lipinski definition) is 0. The Kier molecular flexibility index (Phi) is 11.7. The Morgan fingerprint density at radius 2 is 1.13 bits per heavy atom. The molecule has 0 aliphatic carbocycles. The van der Waals surface area contributed by atoms with Crippen LogP contribution in [-0.4, -0.2) is 19.3 Å². The van der Waals surface area contributed by atoms with Gasteiger partial charge in [0.05, 0.1) is 6.16 Å². The average molecular weight is 629 g/mol. The average Bonchev–Trinajstić information content (AvgIpc) is 2.96. The highest BCUT2D eigenvalue weighted by Crippen LogP contribution is 2.54. The van der Waals surface area contributed by atoms with Gasteiger partial charge in [-0.1, -0.05) is 77.8 Å². The lowest BCUT2D eigenvalue weighted by Crippen LogP contribution is -3.00. The number of allylic oxidation sites excluding steroid dienone is 1. The predicted molar refractivity (Wildman–Crippen MR) is 162 cm³/mol. The molecule has 1 aliphatic heterocycles. The van der Waals surface area contributed by atoms with Crippen LogP contribution < -0.4 is 37.8 Å². The molecule has 0 N–H and O–H groups in total. The molecule has 0 saturated carbocycles. The molecule has 0 unspecified atom stereocenters. The fraction of sp³-hybridized carbons (Fsp3) is 0.212. The van der Waals surface area contributed by atoms with E-state index >= 15 is 0 Å². The van der Waals surface area contributed by atoms with E-state index in [9.17, 15) is 8.78 Å². The number of halogens is 4. The summed E-state index contributed by atoms with van der Waals surface area (Å²) in [6.07, 6.45) is 4.94. The highest BCUT2D eigenvalue weighted by Gasteiger charge is 2.43. The van der Waals surface area contributed by atoms with Crippen LogP contribution in [0.5, 0.6) is 0 Å². The molecule has 1 aliphatic rings. The minimum absolute atomic E-state index is 0. The van der Waals surface area contributed by atoms with Crippen LogP contribution in [0.3, 0.4) is 0 Å². The number of anilines is 1. The molecule has 1 fully saturated rings. The summed E-state index contributed by atoms with van der Waals surface area (Å²) in [4.78, 5) is 1.74. The van der Waals surface area contributed by atoms with Gasteiger partial charge in [0.2, 0.25) is 0 Å². The second-order valence-electron chi connectivity index (χ2n) is 9.28. The van der Waals surface area contributed by atoms with Gasteiger partial charge >= 0.3 is 0 Å². The molecule has 5 rings (SSSR count). The smallest absolute Gasteiger partial charge is 0.150 e. The number of nitrogens with zero attached hydrogens (tertiary/aromatic N) is 1. The van der Waals surface area contributed by atoms with Crippen LogP contribution in [0.25, 0.3) is 0 Å². The summed E-state index contributed by atoms with van der Waals surface area (Å²) in [5.41, 5.74) is 1.39. The summed E-state index contributed by atoms with van der Waals surface area (Å²) < 4.78 is 27.4. The van der Waals surface area contributed by atoms with E-state index < -0.39 is 18.9 Å². The summed E-state index contributed by atoms with van der Waals surface area (Å²) in [6, 6.07) is 35.3. The number of benzene rings is 4. The van der Waals surface area contributed by atoms with Crippen molar-refractivity contribution in [1.82, 2.24) is 0 Å². The van der Waals surface area contributed by atoms with E-state index in [0.717, 1.165) is 31.1 Å². The maximum atomic E-state index is 13.7. The maximum absolute atomic E-state index is 13.7. The van der Waals surface area contributed by atoms with Gasteiger partial charge in [0.15, 0.2) is 11.6 Å². The molecule has 0 amide bonds. The molecule has 0 atom stereocenters. The Morgan fingerprint density at radius 3 is 1.46 bits per heavy atom. The van der Waals surface area contributed by atoms with Crippen molar-refractivity contribution in [1.29, 1.82) is 0 Å². The first-order valence-electron chi connectivity index (χ1n) is 13.1. The molecule has 204 valence electrons. The minimum atomic E-state index is -1.53. The van der Waals surface area contributed by atoms with Crippen LogP contribution >= 0.6 is 18.9 Å². The quantitative estimate of drug-likeness (QED) is 0.218. The van der Waals surface area contributed by atoms with Crippen LogP contribution in [0.15, 0.2) is 115 Å². The SMILES string of the molecule is CC=C1CCN(c2c(F)cc(Cl)cc2F)CC1.CC[P+](c1ccccc1)(c1ccccc1)c1ccccc1.[Br-]. The lowest BCUT2D eigenvalue weighted by molar-refractivity contribution is -0.00000867. The highest BCUT2D eigenvalue weighted by atomic mass is 79.9. The highest BCUT2D eigenvalue weighted by molar-refractivity contribution is 7.95. The molecule has 39 heavy (non-hydrogen) atoms. The van der Waals surface area contributed by atoms with Gasteiger partial charge in [-0.3, -0.25) is 0 Å². The third-order valence-electron chi connectivity index (χ3n) is 7.18. The molecular formula is C33H34BrClF2NP. The van der Waals surface area contributed by atoms with Gasteiger partial charge in [-0.25, -0.2) is 8.78 Å². The van der Waals surface area contributed by atoms with E-state index in [1.54, 1.807) is 4.90 Å². The molecule has 1 nitrogen and oxygen atoms in total. The van der Waals surface area contributed by atoms with Crippen molar-refractivity contribution in [3.8, 4) is 0 Å². The second-order valence-corrected chi connectivity index (χ2v) is 13.5. The maximum Gasteiger partial charge on any atom is 0.150 e. The number of hydrogen-bond acceptors (Lipinski definition) is 1. The van der Waals surface area contributed by atoms with E-state index in [2.05, 4.69) is 104 Å². The van der Waals surface area contributed by atoms with Crippen LogP contribution in [-0.2, 0) is 0 Å². The van der Waals surface area contributed by atoms with Gasteiger partial charge < -0.3 is 21.9 Å². The molecule has 1 saturated heterocycles. The Bertz CT molecular complexity index is 1220. The molecular weight excluding hydrogens is 595 g/mol. The summed E-state index contributed by atoms with van der Waals surface area (Å²) in [7, 11) is -1.53. The molecule has 0 radical (unpaired) electrons. The molecule has 6 heteroatoms. The fourth-order valence-electron chi connectivity index (χ4n) is 5.19. The van der Waals surface area contributed by atoms with Crippen LogP contribution in [0.1, 0.15) is 26.7 Å². The van der Waals surface area contributed by atoms with Gasteiger partial charge in [0.1, 0.15) is 28.9 Å². The van der Waals surface area contributed by atoms with Crippen LogP contribution in [0.2, 0.25) is 5.02 Å². The molecule has 1 heterocycles.